The van der Waals surface area contributed by atoms with E-state index < -0.39 is 6.10 Å². The number of aryl methyl sites for hydroxylation is 1. The van der Waals surface area contributed by atoms with Gasteiger partial charge in [-0.3, -0.25) is 4.90 Å². The summed E-state index contributed by atoms with van der Waals surface area (Å²) in [7, 11) is 3.41. The molecule has 0 aliphatic heterocycles. The van der Waals surface area contributed by atoms with Crippen molar-refractivity contribution in [2.24, 2.45) is 0 Å². The van der Waals surface area contributed by atoms with E-state index in [0.717, 1.165) is 29.9 Å². The second-order valence-corrected chi connectivity index (χ2v) is 9.03. The van der Waals surface area contributed by atoms with Crippen molar-refractivity contribution in [2.75, 3.05) is 47.1 Å². The summed E-state index contributed by atoms with van der Waals surface area (Å²) in [6, 6.07) is 27.6. The molecule has 0 saturated heterocycles. The Morgan fingerprint density at radius 3 is 2.00 bits per heavy atom. The summed E-state index contributed by atoms with van der Waals surface area (Å²) in [4.78, 5) is 2.20. The maximum absolute atomic E-state index is 11.3. The summed E-state index contributed by atoms with van der Waals surface area (Å²) in [6.07, 6.45) is -0.549. The van der Waals surface area contributed by atoms with Gasteiger partial charge >= 0.3 is 0 Å². The maximum Gasteiger partial charge on any atom is 0.0846 e. The average Bonchev–Trinajstić information content (AvgIpc) is 3.19. The van der Waals surface area contributed by atoms with Gasteiger partial charge in [-0.15, -0.1) is 0 Å². The highest BCUT2D eigenvalue weighted by Gasteiger charge is 2.22. The van der Waals surface area contributed by atoms with Crippen LogP contribution < -0.4 is 12.4 Å². The zero-order chi connectivity index (χ0) is 24.6. The van der Waals surface area contributed by atoms with Crippen LogP contribution in [-0.2, 0) is 16.0 Å². The first-order valence-corrected chi connectivity index (χ1v) is 12.2. The highest BCUT2D eigenvalue weighted by Crippen LogP contribution is 2.41. The topological polar surface area (TPSA) is 46.9 Å². The summed E-state index contributed by atoms with van der Waals surface area (Å²) in [5.41, 5.74) is 7.01. The third kappa shape index (κ3) is 6.55. The number of fused-ring (bicyclic) bond motifs is 1. The smallest absolute Gasteiger partial charge is 0.0846 e. The molecule has 0 radical (unpaired) electrons. The van der Waals surface area contributed by atoms with Crippen LogP contribution in [0.3, 0.4) is 0 Å². The van der Waals surface area contributed by atoms with Crippen LogP contribution in [0.1, 0.15) is 5.56 Å². The first kappa shape index (κ1) is 27.9. The van der Waals surface area contributed by atoms with Gasteiger partial charge in [-0.2, -0.15) is 0 Å². The van der Waals surface area contributed by atoms with Crippen molar-refractivity contribution in [1.29, 1.82) is 0 Å². The Bertz CT molecular complexity index is 1200. The number of methoxy groups -OCH3 is 2. The summed E-state index contributed by atoms with van der Waals surface area (Å²) < 4.78 is 12.9. The Labute approximate surface area is 220 Å². The highest BCUT2D eigenvalue weighted by atomic mass is 35.5. The third-order valence-corrected chi connectivity index (χ3v) is 6.41. The van der Waals surface area contributed by atoms with Crippen LogP contribution in [-0.4, -0.2) is 67.7 Å². The molecule has 0 spiro atoms. The second-order valence-electron chi connectivity index (χ2n) is 9.03. The van der Waals surface area contributed by atoms with Crippen LogP contribution in [0.4, 0.5) is 0 Å². The van der Waals surface area contributed by atoms with E-state index in [1.54, 1.807) is 14.2 Å². The molecule has 1 unspecified atom stereocenters. The van der Waals surface area contributed by atoms with Gasteiger partial charge in [0.2, 0.25) is 0 Å². The number of ether oxygens (including phenoxy) is 2. The number of hydrogen-bond donors (Lipinski definition) is 1. The SMILES string of the molecule is COCCN(CCOC)CC(O)Cn1c(-c2ccccc2)c(-c2ccccc2)c2cc(C)ccc21.[Cl-]. The molecule has 0 fully saturated rings. The molecule has 0 aliphatic carbocycles. The van der Waals surface area contributed by atoms with Gasteiger partial charge < -0.3 is 31.6 Å². The van der Waals surface area contributed by atoms with Crippen molar-refractivity contribution >= 4 is 10.9 Å². The van der Waals surface area contributed by atoms with E-state index in [-0.39, 0.29) is 12.4 Å². The van der Waals surface area contributed by atoms with E-state index in [1.807, 2.05) is 6.07 Å². The molecule has 1 N–H and O–H groups in total. The minimum absolute atomic E-state index is 0. The van der Waals surface area contributed by atoms with Crippen LogP contribution in [0.2, 0.25) is 0 Å². The number of hydrogen-bond acceptors (Lipinski definition) is 4. The number of nitrogens with zero attached hydrogens (tertiary/aromatic N) is 2. The molecule has 0 amide bonds. The Kier molecular flexibility index (Phi) is 10.5. The van der Waals surface area contributed by atoms with Gasteiger partial charge in [-0.1, -0.05) is 72.3 Å². The molecule has 36 heavy (non-hydrogen) atoms. The molecule has 0 aliphatic rings. The molecule has 5 nitrogen and oxygen atoms in total. The van der Waals surface area contributed by atoms with E-state index in [9.17, 15) is 5.11 Å². The molecule has 192 valence electrons. The summed E-state index contributed by atoms with van der Waals surface area (Å²) in [6.45, 7) is 5.92. The number of aliphatic hydroxyl groups excluding tert-OH is 1. The minimum atomic E-state index is -0.549. The zero-order valence-corrected chi connectivity index (χ0v) is 22.1. The molecular weight excluding hydrogens is 472 g/mol. The number of aliphatic hydroxyl groups is 1. The maximum atomic E-state index is 11.3. The molecule has 4 rings (SSSR count). The molecule has 4 aromatic rings. The lowest BCUT2D eigenvalue weighted by molar-refractivity contribution is -0.0000120. The van der Waals surface area contributed by atoms with Gasteiger partial charge in [-0.25, -0.2) is 0 Å². The van der Waals surface area contributed by atoms with E-state index in [2.05, 4.69) is 89.2 Å². The number of halogens is 1. The van der Waals surface area contributed by atoms with Gasteiger partial charge in [0.1, 0.15) is 0 Å². The molecule has 1 heterocycles. The van der Waals surface area contributed by atoms with Crippen LogP contribution in [0.25, 0.3) is 33.3 Å². The van der Waals surface area contributed by atoms with Crippen molar-refractivity contribution < 1.29 is 27.0 Å². The quantitative estimate of drug-likeness (QED) is 0.319. The number of aromatic nitrogens is 1. The first-order valence-electron chi connectivity index (χ1n) is 12.2. The number of rotatable bonds is 12. The fraction of sp³-hybridized carbons (Fsp3) is 0.333. The Balaban J connectivity index is 0.00000361. The lowest BCUT2D eigenvalue weighted by Crippen LogP contribution is -3.00. The zero-order valence-electron chi connectivity index (χ0n) is 21.4. The average molecular weight is 508 g/mol. The largest absolute Gasteiger partial charge is 1.00 e. The van der Waals surface area contributed by atoms with E-state index in [1.165, 1.54) is 22.1 Å². The summed E-state index contributed by atoms with van der Waals surface area (Å²) in [5, 5.41) is 12.5. The van der Waals surface area contributed by atoms with Crippen LogP contribution in [0, 0.1) is 6.92 Å². The predicted molar refractivity (Wildman–Crippen MR) is 144 cm³/mol. The normalized spacial score (nSPS) is 12.1. The van der Waals surface area contributed by atoms with E-state index >= 15 is 0 Å². The fourth-order valence-electron chi connectivity index (χ4n) is 4.75. The number of benzene rings is 3. The summed E-state index contributed by atoms with van der Waals surface area (Å²) >= 11 is 0. The van der Waals surface area contributed by atoms with Gasteiger partial charge in [0.05, 0.1) is 31.6 Å². The molecule has 0 saturated carbocycles. The third-order valence-electron chi connectivity index (χ3n) is 6.41. The van der Waals surface area contributed by atoms with Crippen molar-refractivity contribution in [1.82, 2.24) is 9.47 Å². The molecule has 1 atom stereocenters. The van der Waals surface area contributed by atoms with Crippen molar-refractivity contribution in [2.45, 2.75) is 19.6 Å². The highest BCUT2D eigenvalue weighted by molar-refractivity contribution is 6.04. The van der Waals surface area contributed by atoms with Gasteiger partial charge in [-0.05, 0) is 30.2 Å². The molecule has 3 aromatic carbocycles. The van der Waals surface area contributed by atoms with Crippen molar-refractivity contribution in [3.05, 3.63) is 84.4 Å². The van der Waals surface area contributed by atoms with Crippen LogP contribution in [0.15, 0.2) is 78.9 Å². The van der Waals surface area contributed by atoms with Gasteiger partial charge in [0.25, 0.3) is 0 Å². The predicted octanol–water partition coefficient (Wildman–Crippen LogP) is 2.24. The van der Waals surface area contributed by atoms with E-state index in [0.29, 0.717) is 26.3 Å². The lowest BCUT2D eigenvalue weighted by Gasteiger charge is -2.25. The molecule has 6 heteroatoms. The second kappa shape index (κ2) is 13.6. The van der Waals surface area contributed by atoms with E-state index in [4.69, 9.17) is 9.47 Å². The monoisotopic (exact) mass is 507 g/mol. The molecule has 0 bridgehead atoms. The van der Waals surface area contributed by atoms with Crippen LogP contribution >= 0.6 is 0 Å². The molecule has 1 aromatic heterocycles. The Hall–Kier alpha value is -2.67. The Morgan fingerprint density at radius 1 is 0.833 bits per heavy atom. The summed E-state index contributed by atoms with van der Waals surface area (Å²) in [5.74, 6) is 0. The standard InChI is InChI=1S/C30H36N2O3.ClH/c1-23-14-15-28-27(20-23)29(24-10-6-4-7-11-24)30(25-12-8-5-9-13-25)32(28)22-26(33)21-31(16-18-34-2)17-19-35-3;/h4-15,20,26,33H,16-19,21-22H2,1-3H3;1H/p-1. The molecular formula is C30H36ClN2O3-. The van der Waals surface area contributed by atoms with Crippen molar-refractivity contribution in [3.8, 4) is 22.4 Å². The van der Waals surface area contributed by atoms with Crippen LogP contribution in [0.5, 0.6) is 0 Å². The van der Waals surface area contributed by atoms with Gasteiger partial charge in [0, 0.05) is 50.3 Å². The van der Waals surface area contributed by atoms with Gasteiger partial charge in [0.15, 0.2) is 0 Å². The minimum Gasteiger partial charge on any atom is -1.00 e. The fourth-order valence-corrected chi connectivity index (χ4v) is 4.75. The Morgan fingerprint density at radius 2 is 1.42 bits per heavy atom. The van der Waals surface area contributed by atoms with Crippen molar-refractivity contribution in [3.63, 3.8) is 0 Å². The first-order chi connectivity index (χ1) is 17.1. The lowest BCUT2D eigenvalue weighted by atomic mass is 9.98.